The number of rotatable bonds is 9. The zero-order valence-corrected chi connectivity index (χ0v) is 17.1. The van der Waals surface area contributed by atoms with E-state index in [9.17, 15) is 13.6 Å². The predicted molar refractivity (Wildman–Crippen MR) is 115 cm³/mol. The molecule has 7 heteroatoms. The first-order chi connectivity index (χ1) is 15.5. The largest absolute Gasteiger partial charge is 0.496 e. The minimum absolute atomic E-state index is 0.0778. The minimum Gasteiger partial charge on any atom is -0.496 e. The van der Waals surface area contributed by atoms with E-state index >= 15 is 0 Å². The first-order valence-corrected chi connectivity index (χ1v) is 9.55. The molecule has 0 radical (unpaired) electrons. The zero-order chi connectivity index (χ0) is 22.9. The summed E-state index contributed by atoms with van der Waals surface area (Å²) in [4.78, 5) is 12.4. The maximum Gasteiger partial charge on any atom is 0.387 e. The number of nitrogens with zero attached hydrogens (tertiary/aromatic N) is 1. The number of ether oxygens (including phenoxy) is 3. The van der Waals surface area contributed by atoms with Crippen molar-refractivity contribution in [2.75, 3.05) is 7.11 Å². The Morgan fingerprint density at radius 1 is 1.06 bits per heavy atom. The third-order valence-corrected chi connectivity index (χ3v) is 4.45. The number of hydrogen-bond acceptors (Lipinski definition) is 5. The van der Waals surface area contributed by atoms with Crippen LogP contribution >= 0.6 is 0 Å². The molecule has 0 saturated carbocycles. The molecule has 3 rings (SSSR count). The van der Waals surface area contributed by atoms with Gasteiger partial charge in [-0.25, -0.2) is 0 Å². The molecule has 3 aromatic carbocycles. The molecule has 0 spiro atoms. The van der Waals surface area contributed by atoms with Gasteiger partial charge in [-0.15, -0.1) is 0 Å². The predicted octanol–water partition coefficient (Wildman–Crippen LogP) is 5.64. The third kappa shape index (κ3) is 6.16. The van der Waals surface area contributed by atoms with Crippen molar-refractivity contribution < 1.29 is 27.8 Å². The summed E-state index contributed by atoms with van der Waals surface area (Å²) in [7, 11) is 1.55. The van der Waals surface area contributed by atoms with Crippen molar-refractivity contribution in [2.24, 2.45) is 0 Å². The summed E-state index contributed by atoms with van der Waals surface area (Å²) in [5.41, 5.74) is 2.27. The number of hydrogen-bond donors (Lipinski definition) is 0. The number of methoxy groups -OCH3 is 1. The van der Waals surface area contributed by atoms with Gasteiger partial charge in [0, 0.05) is 11.1 Å². The van der Waals surface area contributed by atoms with Gasteiger partial charge in [0.25, 0.3) is 0 Å². The first-order valence-electron chi connectivity index (χ1n) is 9.55. The van der Waals surface area contributed by atoms with Crippen LogP contribution in [0.25, 0.3) is 6.08 Å². The Labute approximate surface area is 184 Å². The van der Waals surface area contributed by atoms with Crippen LogP contribution in [0, 0.1) is 11.3 Å². The second-order valence-electron chi connectivity index (χ2n) is 6.60. The van der Waals surface area contributed by atoms with E-state index in [0.29, 0.717) is 17.1 Å². The fourth-order valence-electron chi connectivity index (χ4n) is 2.90. The molecule has 0 aromatic heterocycles. The zero-order valence-electron chi connectivity index (χ0n) is 17.1. The Morgan fingerprint density at radius 2 is 1.84 bits per heavy atom. The summed E-state index contributed by atoms with van der Waals surface area (Å²) in [5.74, 6) is 0.800. The van der Waals surface area contributed by atoms with E-state index in [1.165, 1.54) is 30.3 Å². The van der Waals surface area contributed by atoms with Gasteiger partial charge < -0.3 is 14.2 Å². The smallest absolute Gasteiger partial charge is 0.387 e. The normalized spacial score (nSPS) is 10.7. The summed E-state index contributed by atoms with van der Waals surface area (Å²) in [6.07, 6.45) is 2.97. The standard InChI is InChI=1S/C25H19F2NO4/c1-30-24-12-8-17(13-20(24)16-31-21-9-5-18(15-28)6-10-21)7-11-23(29)19-3-2-4-22(14-19)32-25(26)27/h2-14,25H,16H2,1H3/b11-7+. The minimum atomic E-state index is -2.96. The van der Waals surface area contributed by atoms with Crippen LogP contribution in [-0.4, -0.2) is 19.5 Å². The van der Waals surface area contributed by atoms with Gasteiger partial charge in [0.15, 0.2) is 5.78 Å². The highest BCUT2D eigenvalue weighted by Gasteiger charge is 2.09. The Morgan fingerprint density at radius 3 is 2.53 bits per heavy atom. The molecule has 0 aliphatic rings. The lowest BCUT2D eigenvalue weighted by Gasteiger charge is -2.11. The van der Waals surface area contributed by atoms with Gasteiger partial charge in [-0.2, -0.15) is 14.0 Å². The van der Waals surface area contributed by atoms with Gasteiger partial charge in [0.2, 0.25) is 0 Å². The van der Waals surface area contributed by atoms with Gasteiger partial charge in [-0.1, -0.05) is 24.3 Å². The van der Waals surface area contributed by atoms with Crippen LogP contribution < -0.4 is 14.2 Å². The van der Waals surface area contributed by atoms with Crippen molar-refractivity contribution in [3.8, 4) is 23.3 Å². The molecule has 0 unspecified atom stereocenters. The van der Waals surface area contributed by atoms with Crippen molar-refractivity contribution in [1.29, 1.82) is 5.26 Å². The molecule has 0 N–H and O–H groups in total. The molecule has 0 aliphatic carbocycles. The summed E-state index contributed by atoms with van der Waals surface area (Å²) in [6, 6.07) is 19.8. The second kappa shape index (κ2) is 10.7. The quantitative estimate of drug-likeness (QED) is 0.321. The molecule has 0 aliphatic heterocycles. The Balaban J connectivity index is 1.72. The molecule has 3 aromatic rings. The van der Waals surface area contributed by atoms with Crippen molar-refractivity contribution in [3.63, 3.8) is 0 Å². The Hall–Kier alpha value is -4.18. The van der Waals surface area contributed by atoms with E-state index in [1.54, 1.807) is 49.6 Å². The van der Waals surface area contributed by atoms with Crippen LogP contribution in [-0.2, 0) is 6.61 Å². The number of carbonyl (C=O) groups excluding carboxylic acids is 1. The highest BCUT2D eigenvalue weighted by atomic mass is 19.3. The van der Waals surface area contributed by atoms with E-state index in [-0.39, 0.29) is 23.7 Å². The fraction of sp³-hybridized carbons (Fsp3) is 0.120. The summed E-state index contributed by atoms with van der Waals surface area (Å²) < 4.78 is 40.2. The van der Waals surface area contributed by atoms with Crippen molar-refractivity contribution in [1.82, 2.24) is 0 Å². The maximum atomic E-state index is 12.4. The van der Waals surface area contributed by atoms with Crippen LogP contribution in [0.1, 0.15) is 27.0 Å². The molecule has 0 heterocycles. The van der Waals surface area contributed by atoms with Gasteiger partial charge in [0.1, 0.15) is 23.9 Å². The van der Waals surface area contributed by atoms with Crippen LogP contribution in [0.2, 0.25) is 0 Å². The number of carbonyl (C=O) groups is 1. The van der Waals surface area contributed by atoms with E-state index in [1.807, 2.05) is 12.1 Å². The van der Waals surface area contributed by atoms with Gasteiger partial charge >= 0.3 is 6.61 Å². The lowest BCUT2D eigenvalue weighted by Crippen LogP contribution is -2.03. The number of alkyl halides is 2. The molecule has 32 heavy (non-hydrogen) atoms. The fourth-order valence-corrected chi connectivity index (χ4v) is 2.90. The van der Waals surface area contributed by atoms with Crippen LogP contribution in [0.15, 0.2) is 72.8 Å². The average Bonchev–Trinajstić information content (AvgIpc) is 2.81. The van der Waals surface area contributed by atoms with Crippen LogP contribution in [0.4, 0.5) is 8.78 Å². The molecule has 0 fully saturated rings. The van der Waals surface area contributed by atoms with E-state index < -0.39 is 6.61 Å². The Bertz CT molecular complexity index is 1150. The molecular formula is C25H19F2NO4. The third-order valence-electron chi connectivity index (χ3n) is 4.45. The SMILES string of the molecule is COc1ccc(/C=C/C(=O)c2cccc(OC(F)F)c2)cc1COc1ccc(C#N)cc1. The van der Waals surface area contributed by atoms with Crippen LogP contribution in [0.3, 0.4) is 0 Å². The van der Waals surface area contributed by atoms with E-state index in [2.05, 4.69) is 4.74 Å². The number of allylic oxidation sites excluding steroid dienone is 1. The van der Waals surface area contributed by atoms with Gasteiger partial charge in [-0.3, -0.25) is 4.79 Å². The first kappa shape index (κ1) is 22.5. The molecule has 5 nitrogen and oxygen atoms in total. The highest BCUT2D eigenvalue weighted by molar-refractivity contribution is 6.07. The summed E-state index contributed by atoms with van der Waals surface area (Å²) >= 11 is 0. The average molecular weight is 435 g/mol. The number of benzene rings is 3. The number of nitriles is 1. The van der Waals surface area contributed by atoms with Crippen molar-refractivity contribution >= 4 is 11.9 Å². The molecular weight excluding hydrogens is 416 g/mol. The summed E-state index contributed by atoms with van der Waals surface area (Å²) in [5, 5.41) is 8.87. The molecule has 0 amide bonds. The highest BCUT2D eigenvalue weighted by Crippen LogP contribution is 2.23. The molecule has 0 saturated heterocycles. The monoisotopic (exact) mass is 435 g/mol. The van der Waals surface area contributed by atoms with E-state index in [0.717, 1.165) is 11.1 Å². The van der Waals surface area contributed by atoms with Gasteiger partial charge in [-0.05, 0) is 60.2 Å². The number of halogens is 2. The summed E-state index contributed by atoms with van der Waals surface area (Å²) in [6.45, 7) is -2.74. The molecule has 0 atom stereocenters. The van der Waals surface area contributed by atoms with Gasteiger partial charge in [0.05, 0.1) is 18.7 Å². The van der Waals surface area contributed by atoms with Crippen molar-refractivity contribution in [3.05, 3.63) is 95.1 Å². The van der Waals surface area contributed by atoms with E-state index in [4.69, 9.17) is 14.7 Å². The Kier molecular flexibility index (Phi) is 7.55. The second-order valence-corrected chi connectivity index (χ2v) is 6.60. The molecule has 0 bridgehead atoms. The molecule has 162 valence electrons. The lowest BCUT2D eigenvalue weighted by molar-refractivity contribution is -0.0498. The number of ketones is 1. The lowest BCUT2D eigenvalue weighted by atomic mass is 10.1. The van der Waals surface area contributed by atoms with Crippen molar-refractivity contribution in [2.45, 2.75) is 13.2 Å². The van der Waals surface area contributed by atoms with Crippen LogP contribution in [0.5, 0.6) is 17.2 Å². The maximum absolute atomic E-state index is 12.4. The topological polar surface area (TPSA) is 68.6 Å².